The third-order valence-electron chi connectivity index (χ3n) is 1.76. The number of hydrogen-bond acceptors (Lipinski definition) is 2. The summed E-state index contributed by atoms with van der Waals surface area (Å²) in [4.78, 5) is 10.6. The van der Waals surface area contributed by atoms with E-state index in [0.29, 0.717) is 0 Å². The molecule has 0 radical (unpaired) electrons. The van der Waals surface area contributed by atoms with Crippen LogP contribution in [-0.2, 0) is 4.79 Å². The van der Waals surface area contributed by atoms with Gasteiger partial charge in [0.05, 0.1) is 0 Å². The average Bonchev–Trinajstić information content (AvgIpc) is 2.15. The highest BCUT2D eigenvalue weighted by Gasteiger charge is 2.02. The SMILES string of the molecule is CC(=O)NNC(C)c1ccccc1. The van der Waals surface area contributed by atoms with Crippen molar-refractivity contribution in [2.75, 3.05) is 0 Å². The Morgan fingerprint density at radius 1 is 1.31 bits per heavy atom. The van der Waals surface area contributed by atoms with Gasteiger partial charge in [0, 0.05) is 13.0 Å². The fourth-order valence-electron chi connectivity index (χ4n) is 1.03. The smallest absolute Gasteiger partial charge is 0.230 e. The first kappa shape index (κ1) is 9.74. The summed E-state index contributed by atoms with van der Waals surface area (Å²) in [5.74, 6) is -0.0808. The van der Waals surface area contributed by atoms with Crippen molar-refractivity contribution in [1.29, 1.82) is 0 Å². The van der Waals surface area contributed by atoms with Gasteiger partial charge in [-0.3, -0.25) is 10.2 Å². The van der Waals surface area contributed by atoms with Crippen molar-refractivity contribution in [3.63, 3.8) is 0 Å². The molecule has 1 aromatic carbocycles. The maximum absolute atomic E-state index is 10.6. The number of amides is 1. The van der Waals surface area contributed by atoms with E-state index in [1.165, 1.54) is 6.92 Å². The van der Waals surface area contributed by atoms with Crippen LogP contribution in [0.15, 0.2) is 30.3 Å². The summed E-state index contributed by atoms with van der Waals surface area (Å²) >= 11 is 0. The van der Waals surface area contributed by atoms with E-state index in [2.05, 4.69) is 10.9 Å². The standard InChI is InChI=1S/C10H14N2O/c1-8(11-12-9(2)13)10-6-4-3-5-7-10/h3-8,11H,1-2H3,(H,12,13). The maximum Gasteiger partial charge on any atom is 0.230 e. The molecule has 0 aromatic heterocycles. The van der Waals surface area contributed by atoms with Gasteiger partial charge in [0.15, 0.2) is 0 Å². The molecule has 70 valence electrons. The zero-order chi connectivity index (χ0) is 9.68. The molecule has 2 N–H and O–H groups in total. The Labute approximate surface area is 78.1 Å². The van der Waals surface area contributed by atoms with Crippen LogP contribution in [0.25, 0.3) is 0 Å². The van der Waals surface area contributed by atoms with Crippen LogP contribution in [0, 0.1) is 0 Å². The van der Waals surface area contributed by atoms with E-state index in [4.69, 9.17) is 0 Å². The number of carbonyl (C=O) groups is 1. The van der Waals surface area contributed by atoms with Crippen LogP contribution < -0.4 is 10.9 Å². The van der Waals surface area contributed by atoms with E-state index in [-0.39, 0.29) is 11.9 Å². The summed E-state index contributed by atoms with van der Waals surface area (Å²) in [7, 11) is 0. The summed E-state index contributed by atoms with van der Waals surface area (Å²) in [6.07, 6.45) is 0. The van der Waals surface area contributed by atoms with Crippen LogP contribution in [0.2, 0.25) is 0 Å². The minimum absolute atomic E-state index is 0.0808. The molecule has 0 fully saturated rings. The van der Waals surface area contributed by atoms with E-state index in [1.54, 1.807) is 0 Å². The molecular formula is C10H14N2O. The Morgan fingerprint density at radius 2 is 1.92 bits per heavy atom. The Morgan fingerprint density at radius 3 is 2.46 bits per heavy atom. The van der Waals surface area contributed by atoms with Gasteiger partial charge in [-0.25, -0.2) is 5.43 Å². The Balaban J connectivity index is 2.49. The molecule has 3 heteroatoms. The lowest BCUT2D eigenvalue weighted by Crippen LogP contribution is -2.37. The highest BCUT2D eigenvalue weighted by atomic mass is 16.2. The molecule has 1 aromatic rings. The number of hydrazine groups is 1. The zero-order valence-electron chi connectivity index (χ0n) is 7.87. The van der Waals surface area contributed by atoms with Crippen molar-refractivity contribution in [3.05, 3.63) is 35.9 Å². The molecule has 0 saturated heterocycles. The largest absolute Gasteiger partial charge is 0.291 e. The van der Waals surface area contributed by atoms with Crippen molar-refractivity contribution < 1.29 is 4.79 Å². The average molecular weight is 178 g/mol. The van der Waals surface area contributed by atoms with Crippen LogP contribution >= 0.6 is 0 Å². The van der Waals surface area contributed by atoms with E-state index in [0.717, 1.165) is 5.56 Å². The Hall–Kier alpha value is -1.35. The lowest BCUT2D eigenvalue weighted by Gasteiger charge is -2.13. The van der Waals surface area contributed by atoms with E-state index in [9.17, 15) is 4.79 Å². The summed E-state index contributed by atoms with van der Waals surface area (Å²) in [5, 5.41) is 0. The third-order valence-corrected chi connectivity index (χ3v) is 1.76. The predicted octanol–water partition coefficient (Wildman–Crippen LogP) is 1.39. The number of hydrogen-bond donors (Lipinski definition) is 2. The molecule has 0 aliphatic heterocycles. The first-order chi connectivity index (χ1) is 6.20. The number of nitrogens with one attached hydrogen (secondary N) is 2. The molecule has 13 heavy (non-hydrogen) atoms. The molecule has 1 rings (SSSR count). The Kier molecular flexibility index (Phi) is 3.46. The molecule has 0 heterocycles. The fraction of sp³-hybridized carbons (Fsp3) is 0.300. The molecule has 0 aliphatic carbocycles. The monoisotopic (exact) mass is 178 g/mol. The number of benzene rings is 1. The molecule has 0 aliphatic rings. The highest BCUT2D eigenvalue weighted by molar-refractivity contribution is 5.72. The molecular weight excluding hydrogens is 164 g/mol. The van der Waals surface area contributed by atoms with Crippen LogP contribution in [0.5, 0.6) is 0 Å². The first-order valence-corrected chi connectivity index (χ1v) is 4.27. The number of rotatable bonds is 3. The molecule has 3 nitrogen and oxygen atoms in total. The van der Waals surface area contributed by atoms with Crippen molar-refractivity contribution in [1.82, 2.24) is 10.9 Å². The summed E-state index contributed by atoms with van der Waals surface area (Å²) in [5.41, 5.74) is 6.60. The van der Waals surface area contributed by atoms with Gasteiger partial charge in [0.1, 0.15) is 0 Å². The predicted molar refractivity (Wildman–Crippen MR) is 51.8 cm³/mol. The Bertz CT molecular complexity index is 272. The van der Waals surface area contributed by atoms with Crippen LogP contribution in [0.3, 0.4) is 0 Å². The zero-order valence-corrected chi connectivity index (χ0v) is 7.87. The van der Waals surface area contributed by atoms with Crippen LogP contribution in [0.4, 0.5) is 0 Å². The fourth-order valence-corrected chi connectivity index (χ4v) is 1.03. The molecule has 0 saturated carbocycles. The van der Waals surface area contributed by atoms with Gasteiger partial charge in [-0.05, 0) is 12.5 Å². The van der Waals surface area contributed by atoms with Crippen molar-refractivity contribution in [2.45, 2.75) is 19.9 Å². The molecule has 1 atom stereocenters. The first-order valence-electron chi connectivity index (χ1n) is 4.27. The molecule has 0 spiro atoms. The van der Waals surface area contributed by atoms with Gasteiger partial charge < -0.3 is 0 Å². The third kappa shape index (κ3) is 3.25. The van der Waals surface area contributed by atoms with Crippen molar-refractivity contribution in [2.24, 2.45) is 0 Å². The lowest BCUT2D eigenvalue weighted by atomic mass is 10.1. The van der Waals surface area contributed by atoms with Gasteiger partial charge in [-0.15, -0.1) is 0 Å². The van der Waals surface area contributed by atoms with Gasteiger partial charge >= 0.3 is 0 Å². The summed E-state index contributed by atoms with van der Waals surface area (Å²) < 4.78 is 0. The number of carbonyl (C=O) groups excluding carboxylic acids is 1. The van der Waals surface area contributed by atoms with Crippen LogP contribution in [-0.4, -0.2) is 5.91 Å². The second-order valence-electron chi connectivity index (χ2n) is 2.96. The quantitative estimate of drug-likeness (QED) is 0.687. The van der Waals surface area contributed by atoms with Gasteiger partial charge in [-0.2, -0.15) is 0 Å². The highest BCUT2D eigenvalue weighted by Crippen LogP contribution is 2.09. The lowest BCUT2D eigenvalue weighted by molar-refractivity contribution is -0.120. The maximum atomic E-state index is 10.6. The second-order valence-corrected chi connectivity index (χ2v) is 2.96. The van der Waals surface area contributed by atoms with Gasteiger partial charge in [-0.1, -0.05) is 30.3 Å². The molecule has 1 amide bonds. The minimum Gasteiger partial charge on any atom is -0.291 e. The van der Waals surface area contributed by atoms with E-state index >= 15 is 0 Å². The minimum atomic E-state index is -0.0808. The van der Waals surface area contributed by atoms with Crippen molar-refractivity contribution >= 4 is 5.91 Å². The van der Waals surface area contributed by atoms with Crippen molar-refractivity contribution in [3.8, 4) is 0 Å². The molecule has 1 unspecified atom stereocenters. The van der Waals surface area contributed by atoms with Crippen LogP contribution in [0.1, 0.15) is 25.5 Å². The molecule has 0 bridgehead atoms. The second kappa shape index (κ2) is 4.62. The summed E-state index contributed by atoms with van der Waals surface area (Å²) in [6.45, 7) is 3.47. The van der Waals surface area contributed by atoms with Gasteiger partial charge in [0.25, 0.3) is 0 Å². The normalized spacial score (nSPS) is 12.2. The van der Waals surface area contributed by atoms with E-state index < -0.39 is 0 Å². The topological polar surface area (TPSA) is 41.1 Å². The van der Waals surface area contributed by atoms with Gasteiger partial charge in [0.2, 0.25) is 5.91 Å². The van der Waals surface area contributed by atoms with E-state index in [1.807, 2.05) is 37.3 Å². The summed E-state index contributed by atoms with van der Waals surface area (Å²) in [6, 6.07) is 10.1.